The lowest BCUT2D eigenvalue weighted by molar-refractivity contribution is -0.140. The summed E-state index contributed by atoms with van der Waals surface area (Å²) in [5, 5.41) is 11.3. The molecule has 1 unspecified atom stereocenters. The lowest BCUT2D eigenvalue weighted by atomic mass is 9.94. The van der Waals surface area contributed by atoms with Gasteiger partial charge in [-0.05, 0) is 43.7 Å². The summed E-state index contributed by atoms with van der Waals surface area (Å²) in [7, 11) is 4.42. The summed E-state index contributed by atoms with van der Waals surface area (Å²) in [5.74, 6) is -0.577. The predicted octanol–water partition coefficient (Wildman–Crippen LogP) is 3.56. The van der Waals surface area contributed by atoms with Crippen LogP contribution >= 0.6 is 0 Å². The number of hydrogen-bond acceptors (Lipinski definition) is 7. The van der Waals surface area contributed by atoms with Gasteiger partial charge in [0.25, 0.3) is 11.7 Å². The Labute approximate surface area is 193 Å². The number of aliphatic hydroxyl groups excluding tert-OH is 1. The fourth-order valence-electron chi connectivity index (χ4n) is 3.87. The van der Waals surface area contributed by atoms with E-state index in [0.717, 1.165) is 0 Å². The number of carbonyl (C=O) groups excluding carboxylic acids is 2. The van der Waals surface area contributed by atoms with Gasteiger partial charge in [-0.25, -0.2) is 0 Å². The van der Waals surface area contributed by atoms with Gasteiger partial charge in [-0.3, -0.25) is 9.59 Å². The molecular weight excluding hydrogens is 426 g/mol. The maximum Gasteiger partial charge on any atom is 0.295 e. The van der Waals surface area contributed by atoms with E-state index >= 15 is 0 Å². The van der Waals surface area contributed by atoms with Crippen molar-refractivity contribution in [2.45, 2.75) is 26.0 Å². The lowest BCUT2D eigenvalue weighted by Crippen LogP contribution is -2.32. The summed E-state index contributed by atoms with van der Waals surface area (Å²) in [6.07, 6.45) is 0.00111. The molecule has 8 heteroatoms. The normalized spacial score (nSPS) is 17.5. The Bertz CT molecular complexity index is 1020. The van der Waals surface area contributed by atoms with Gasteiger partial charge in [0.1, 0.15) is 28.6 Å². The summed E-state index contributed by atoms with van der Waals surface area (Å²) in [6, 6.07) is 11.3. The molecule has 1 N–H and O–H groups in total. The minimum absolute atomic E-state index is 0.00111. The van der Waals surface area contributed by atoms with E-state index in [-0.39, 0.29) is 36.2 Å². The van der Waals surface area contributed by atoms with Crippen LogP contribution in [-0.2, 0) is 14.3 Å². The van der Waals surface area contributed by atoms with E-state index < -0.39 is 17.7 Å². The van der Waals surface area contributed by atoms with Crippen molar-refractivity contribution < 1.29 is 33.6 Å². The third kappa shape index (κ3) is 4.80. The van der Waals surface area contributed by atoms with Gasteiger partial charge in [-0.1, -0.05) is 18.2 Å². The van der Waals surface area contributed by atoms with Crippen molar-refractivity contribution >= 4 is 17.4 Å². The molecule has 1 aliphatic rings. The summed E-state index contributed by atoms with van der Waals surface area (Å²) in [5.41, 5.74) is 0.810. The number of methoxy groups -OCH3 is 3. The Morgan fingerprint density at radius 3 is 2.12 bits per heavy atom. The molecule has 33 heavy (non-hydrogen) atoms. The summed E-state index contributed by atoms with van der Waals surface area (Å²) >= 11 is 0. The van der Waals surface area contributed by atoms with Gasteiger partial charge in [-0.15, -0.1) is 0 Å². The van der Waals surface area contributed by atoms with Gasteiger partial charge in [0.2, 0.25) is 0 Å². The Morgan fingerprint density at radius 2 is 1.61 bits per heavy atom. The standard InChI is InChI=1S/C25H29NO7/c1-15(2)33-17-11-9-16(10-12-17)22-21(24(28)25(29)26(22)13-14-30-3)23(27)20-18(31-4)7-6-8-19(20)32-5/h6-12,15,22,27H,13-14H2,1-5H3/b23-21+. The molecule has 176 valence electrons. The van der Waals surface area contributed by atoms with E-state index in [1.165, 1.54) is 26.2 Å². The zero-order chi connectivity index (χ0) is 24.1. The quantitative estimate of drug-likeness (QED) is 0.351. The first-order valence-corrected chi connectivity index (χ1v) is 10.6. The first kappa shape index (κ1) is 24.1. The van der Waals surface area contributed by atoms with Crippen LogP contribution in [0.25, 0.3) is 5.76 Å². The second-order valence-electron chi connectivity index (χ2n) is 7.76. The van der Waals surface area contributed by atoms with Gasteiger partial charge in [-0.2, -0.15) is 0 Å². The van der Waals surface area contributed by atoms with Crippen LogP contribution in [0, 0.1) is 0 Å². The predicted molar refractivity (Wildman–Crippen MR) is 123 cm³/mol. The topological polar surface area (TPSA) is 94.5 Å². The van der Waals surface area contributed by atoms with Crippen molar-refractivity contribution in [1.82, 2.24) is 4.90 Å². The van der Waals surface area contributed by atoms with E-state index in [9.17, 15) is 14.7 Å². The van der Waals surface area contributed by atoms with Gasteiger partial charge < -0.3 is 29.0 Å². The number of ketones is 1. The number of benzene rings is 2. The fourth-order valence-corrected chi connectivity index (χ4v) is 3.87. The van der Waals surface area contributed by atoms with E-state index in [1.54, 1.807) is 42.5 Å². The molecule has 1 amide bonds. The smallest absolute Gasteiger partial charge is 0.295 e. The molecule has 0 saturated carbocycles. The highest BCUT2D eigenvalue weighted by atomic mass is 16.5. The van der Waals surface area contributed by atoms with Crippen molar-refractivity contribution in [3.8, 4) is 17.2 Å². The van der Waals surface area contributed by atoms with Crippen LogP contribution in [0.3, 0.4) is 0 Å². The second-order valence-corrected chi connectivity index (χ2v) is 7.76. The average Bonchev–Trinajstić information content (AvgIpc) is 3.06. The first-order valence-electron chi connectivity index (χ1n) is 10.6. The number of rotatable bonds is 9. The van der Waals surface area contributed by atoms with Crippen molar-refractivity contribution in [3.63, 3.8) is 0 Å². The Kier molecular flexibility index (Phi) is 7.60. The SMILES string of the molecule is COCCN1C(=O)C(=O)/C(=C(/O)c2c(OC)cccc2OC)C1c1ccc(OC(C)C)cc1. The first-order chi connectivity index (χ1) is 15.8. The number of carbonyl (C=O) groups is 2. The second kappa shape index (κ2) is 10.4. The van der Waals surface area contributed by atoms with Crippen LogP contribution < -0.4 is 14.2 Å². The molecule has 0 spiro atoms. The van der Waals surface area contributed by atoms with Gasteiger partial charge in [0, 0.05) is 13.7 Å². The highest BCUT2D eigenvalue weighted by molar-refractivity contribution is 6.46. The molecule has 3 rings (SSSR count). The van der Waals surface area contributed by atoms with E-state index in [2.05, 4.69) is 0 Å². The summed E-state index contributed by atoms with van der Waals surface area (Å²) < 4.78 is 21.6. The third-order valence-electron chi connectivity index (χ3n) is 5.31. The molecule has 0 aromatic heterocycles. The number of amides is 1. The molecule has 1 saturated heterocycles. The molecule has 1 fully saturated rings. The number of nitrogens with zero attached hydrogens (tertiary/aromatic N) is 1. The molecule has 1 aliphatic heterocycles. The van der Waals surface area contributed by atoms with Gasteiger partial charge >= 0.3 is 0 Å². The number of ether oxygens (including phenoxy) is 4. The molecule has 0 radical (unpaired) electrons. The van der Waals surface area contributed by atoms with Crippen molar-refractivity contribution in [3.05, 3.63) is 59.2 Å². The highest BCUT2D eigenvalue weighted by Crippen LogP contribution is 2.43. The van der Waals surface area contributed by atoms with Crippen LogP contribution in [0.5, 0.6) is 17.2 Å². The molecule has 1 heterocycles. The van der Waals surface area contributed by atoms with Crippen molar-refractivity contribution in [1.29, 1.82) is 0 Å². The van der Waals surface area contributed by atoms with Crippen molar-refractivity contribution in [2.24, 2.45) is 0 Å². The largest absolute Gasteiger partial charge is 0.506 e. The molecule has 1 atom stereocenters. The van der Waals surface area contributed by atoms with Crippen LogP contribution in [0.15, 0.2) is 48.0 Å². The summed E-state index contributed by atoms with van der Waals surface area (Å²) in [4.78, 5) is 27.5. The van der Waals surface area contributed by atoms with Gasteiger partial charge in [0.15, 0.2) is 0 Å². The zero-order valence-electron chi connectivity index (χ0n) is 19.5. The van der Waals surface area contributed by atoms with Crippen LogP contribution in [0.1, 0.15) is 31.0 Å². The Balaban J connectivity index is 2.19. The van der Waals surface area contributed by atoms with E-state index in [0.29, 0.717) is 22.8 Å². The Morgan fingerprint density at radius 1 is 1.00 bits per heavy atom. The summed E-state index contributed by atoms with van der Waals surface area (Å²) in [6.45, 7) is 4.26. The molecule has 2 aromatic rings. The van der Waals surface area contributed by atoms with Crippen LogP contribution in [-0.4, -0.2) is 62.3 Å². The molecule has 0 bridgehead atoms. The van der Waals surface area contributed by atoms with Crippen LogP contribution in [0.2, 0.25) is 0 Å². The van der Waals surface area contributed by atoms with Crippen LogP contribution in [0.4, 0.5) is 0 Å². The number of aliphatic hydroxyl groups is 1. The minimum atomic E-state index is -0.817. The minimum Gasteiger partial charge on any atom is -0.506 e. The number of likely N-dealkylation sites (tertiary alicyclic amines) is 1. The van der Waals surface area contributed by atoms with E-state index in [4.69, 9.17) is 18.9 Å². The molecule has 0 aliphatic carbocycles. The van der Waals surface area contributed by atoms with Crippen molar-refractivity contribution in [2.75, 3.05) is 34.5 Å². The fraction of sp³-hybridized carbons (Fsp3) is 0.360. The Hall–Kier alpha value is -3.52. The van der Waals surface area contributed by atoms with Gasteiger partial charge in [0.05, 0.1) is 38.5 Å². The molecule has 8 nitrogen and oxygen atoms in total. The lowest BCUT2D eigenvalue weighted by Gasteiger charge is -2.25. The number of Topliss-reactive ketones (excluding diaryl/α,β-unsaturated/α-hetero) is 1. The average molecular weight is 456 g/mol. The zero-order valence-corrected chi connectivity index (χ0v) is 19.5. The highest BCUT2D eigenvalue weighted by Gasteiger charge is 2.46. The maximum atomic E-state index is 13.1. The maximum absolute atomic E-state index is 13.1. The molecule has 2 aromatic carbocycles. The monoisotopic (exact) mass is 455 g/mol. The van der Waals surface area contributed by atoms with E-state index in [1.807, 2.05) is 13.8 Å². The number of hydrogen-bond donors (Lipinski definition) is 1. The molecular formula is C25H29NO7. The third-order valence-corrected chi connectivity index (χ3v) is 5.31.